The van der Waals surface area contributed by atoms with Gasteiger partial charge < -0.3 is 4.42 Å². The monoisotopic (exact) mass is 386 g/mol. The van der Waals surface area contributed by atoms with Crippen LogP contribution in [0.5, 0.6) is 0 Å². The zero-order valence-corrected chi connectivity index (χ0v) is 16.4. The lowest BCUT2D eigenvalue weighted by molar-refractivity contribution is 0.102. The zero-order chi connectivity index (χ0) is 18.7. The summed E-state index contributed by atoms with van der Waals surface area (Å²) in [5.74, 6) is 0.666. The van der Waals surface area contributed by atoms with Gasteiger partial charge in [-0.3, -0.25) is 4.79 Å². The summed E-state index contributed by atoms with van der Waals surface area (Å²) in [4.78, 5) is 12.2. The number of halogens is 1. The van der Waals surface area contributed by atoms with Crippen molar-refractivity contribution in [2.45, 2.75) is 31.4 Å². The summed E-state index contributed by atoms with van der Waals surface area (Å²) in [6.07, 6.45) is 0. The number of hydrogen-bond donors (Lipinski definition) is 0. The lowest BCUT2D eigenvalue weighted by Gasteiger charge is -2.18. The van der Waals surface area contributed by atoms with E-state index < -0.39 is 0 Å². The largest absolute Gasteiger partial charge is 0.411 e. The minimum absolute atomic E-state index is 0.0130. The predicted molar refractivity (Wildman–Crippen MR) is 105 cm³/mol. The van der Waals surface area contributed by atoms with E-state index in [0.29, 0.717) is 21.7 Å². The molecule has 134 valence electrons. The maximum Gasteiger partial charge on any atom is 0.277 e. The Kier molecular flexibility index (Phi) is 5.49. The van der Waals surface area contributed by atoms with Crippen molar-refractivity contribution in [3.63, 3.8) is 0 Å². The summed E-state index contributed by atoms with van der Waals surface area (Å²) >= 11 is 7.06. The Hall–Kier alpha value is -2.11. The quantitative estimate of drug-likeness (QED) is 0.418. The standard InChI is InChI=1S/C20H19ClN2O2S/c1-20(2,3)15-8-4-14(5-9-15)18-22-23-19(25-18)26-12-17(24)13-6-10-16(21)11-7-13/h4-11H,12H2,1-3H3. The summed E-state index contributed by atoms with van der Waals surface area (Å²) in [5, 5.41) is 9.07. The zero-order valence-electron chi connectivity index (χ0n) is 14.8. The van der Waals surface area contributed by atoms with Crippen molar-refractivity contribution < 1.29 is 9.21 Å². The van der Waals surface area contributed by atoms with Gasteiger partial charge in [-0.25, -0.2) is 0 Å². The fraction of sp³-hybridized carbons (Fsp3) is 0.250. The van der Waals surface area contributed by atoms with Crippen LogP contribution in [0.3, 0.4) is 0 Å². The molecule has 0 radical (unpaired) electrons. The molecule has 0 aliphatic heterocycles. The smallest absolute Gasteiger partial charge is 0.277 e. The highest BCUT2D eigenvalue weighted by atomic mass is 35.5. The van der Waals surface area contributed by atoms with E-state index in [1.165, 1.54) is 17.3 Å². The van der Waals surface area contributed by atoms with E-state index in [1.54, 1.807) is 24.3 Å². The molecule has 0 spiro atoms. The molecule has 26 heavy (non-hydrogen) atoms. The van der Waals surface area contributed by atoms with Gasteiger partial charge in [-0.15, -0.1) is 10.2 Å². The van der Waals surface area contributed by atoms with Crippen molar-refractivity contribution in [2.75, 3.05) is 5.75 Å². The first-order chi connectivity index (χ1) is 12.3. The third-order valence-electron chi connectivity index (χ3n) is 3.90. The molecule has 4 nitrogen and oxygen atoms in total. The van der Waals surface area contributed by atoms with Crippen LogP contribution in [0.25, 0.3) is 11.5 Å². The Bertz CT molecular complexity index is 897. The maximum absolute atomic E-state index is 12.2. The van der Waals surface area contributed by atoms with Gasteiger partial charge in [0, 0.05) is 16.1 Å². The molecule has 0 N–H and O–H groups in total. The summed E-state index contributed by atoms with van der Waals surface area (Å²) < 4.78 is 5.67. The first-order valence-corrected chi connectivity index (χ1v) is 9.55. The van der Waals surface area contributed by atoms with Gasteiger partial charge in [0.1, 0.15) is 0 Å². The molecule has 0 amide bonds. The van der Waals surface area contributed by atoms with Crippen LogP contribution >= 0.6 is 23.4 Å². The van der Waals surface area contributed by atoms with Gasteiger partial charge in [0.2, 0.25) is 5.89 Å². The van der Waals surface area contributed by atoms with Crippen molar-refractivity contribution in [3.05, 3.63) is 64.7 Å². The van der Waals surface area contributed by atoms with Crippen molar-refractivity contribution in [3.8, 4) is 11.5 Å². The average Bonchev–Trinajstić information content (AvgIpc) is 3.09. The molecule has 3 aromatic rings. The van der Waals surface area contributed by atoms with E-state index in [2.05, 4.69) is 43.1 Å². The Labute approximate surface area is 162 Å². The highest BCUT2D eigenvalue weighted by Gasteiger charge is 2.15. The highest BCUT2D eigenvalue weighted by Crippen LogP contribution is 2.27. The fourth-order valence-corrected chi connectivity index (χ4v) is 3.13. The molecule has 0 aliphatic rings. The molecule has 2 aromatic carbocycles. The molecule has 3 rings (SSSR count). The van der Waals surface area contributed by atoms with Crippen LogP contribution in [0.1, 0.15) is 36.7 Å². The third kappa shape index (κ3) is 4.54. The summed E-state index contributed by atoms with van der Waals surface area (Å²) in [7, 11) is 0. The topological polar surface area (TPSA) is 56.0 Å². The minimum atomic E-state index is -0.0130. The second-order valence-electron chi connectivity index (χ2n) is 6.92. The molecule has 0 fully saturated rings. The molecule has 0 unspecified atom stereocenters. The average molecular weight is 387 g/mol. The molecule has 0 atom stereocenters. The van der Waals surface area contributed by atoms with E-state index in [9.17, 15) is 4.79 Å². The maximum atomic E-state index is 12.2. The van der Waals surface area contributed by atoms with Crippen LogP contribution in [-0.2, 0) is 5.41 Å². The normalized spacial score (nSPS) is 11.5. The van der Waals surface area contributed by atoms with E-state index in [0.717, 1.165) is 5.56 Å². The van der Waals surface area contributed by atoms with Crippen molar-refractivity contribution in [1.29, 1.82) is 0 Å². The van der Waals surface area contributed by atoms with Crippen LogP contribution in [0.2, 0.25) is 5.02 Å². The number of thioether (sulfide) groups is 1. The van der Waals surface area contributed by atoms with E-state index in [1.807, 2.05) is 12.1 Å². The lowest BCUT2D eigenvalue weighted by atomic mass is 9.87. The number of nitrogens with zero attached hydrogens (tertiary/aromatic N) is 2. The molecule has 1 heterocycles. The Balaban J connectivity index is 1.64. The van der Waals surface area contributed by atoms with Crippen LogP contribution in [-0.4, -0.2) is 21.7 Å². The summed E-state index contributed by atoms with van der Waals surface area (Å²) in [6.45, 7) is 6.50. The van der Waals surface area contributed by atoms with Crippen molar-refractivity contribution in [1.82, 2.24) is 10.2 Å². The molecule has 1 aromatic heterocycles. The van der Waals surface area contributed by atoms with E-state index >= 15 is 0 Å². The van der Waals surface area contributed by atoms with Crippen molar-refractivity contribution >= 4 is 29.1 Å². The van der Waals surface area contributed by atoms with Crippen LogP contribution in [0.15, 0.2) is 58.2 Å². The molecule has 0 saturated carbocycles. The van der Waals surface area contributed by atoms with Gasteiger partial charge in [-0.05, 0) is 47.4 Å². The molecule has 6 heteroatoms. The highest BCUT2D eigenvalue weighted by molar-refractivity contribution is 7.99. The van der Waals surface area contributed by atoms with Gasteiger partial charge in [0.25, 0.3) is 5.22 Å². The SMILES string of the molecule is CC(C)(C)c1ccc(-c2nnc(SCC(=O)c3ccc(Cl)cc3)o2)cc1. The van der Waals surface area contributed by atoms with Crippen LogP contribution in [0, 0.1) is 0 Å². The molecular formula is C20H19ClN2O2S. The van der Waals surface area contributed by atoms with Crippen molar-refractivity contribution in [2.24, 2.45) is 0 Å². The second-order valence-corrected chi connectivity index (χ2v) is 8.28. The van der Waals surface area contributed by atoms with Crippen LogP contribution in [0.4, 0.5) is 0 Å². The van der Waals surface area contributed by atoms with E-state index in [-0.39, 0.29) is 17.0 Å². The van der Waals surface area contributed by atoms with Crippen LogP contribution < -0.4 is 0 Å². The third-order valence-corrected chi connectivity index (χ3v) is 4.97. The number of ketones is 1. The molecule has 0 saturated heterocycles. The lowest BCUT2D eigenvalue weighted by Crippen LogP contribution is -2.10. The number of benzene rings is 2. The number of hydrogen-bond acceptors (Lipinski definition) is 5. The number of aromatic nitrogens is 2. The van der Waals surface area contributed by atoms with E-state index in [4.69, 9.17) is 16.0 Å². The molecular weight excluding hydrogens is 368 g/mol. The van der Waals surface area contributed by atoms with Gasteiger partial charge in [0.05, 0.1) is 5.75 Å². The number of Topliss-reactive ketones (excluding diaryl/α,β-unsaturated/α-hetero) is 1. The van der Waals surface area contributed by atoms with Gasteiger partial charge >= 0.3 is 0 Å². The first-order valence-electron chi connectivity index (χ1n) is 8.19. The number of carbonyl (C=O) groups excluding carboxylic acids is 1. The Morgan fingerprint density at radius 1 is 1.04 bits per heavy atom. The molecule has 0 aliphatic carbocycles. The Morgan fingerprint density at radius 2 is 1.69 bits per heavy atom. The fourth-order valence-electron chi connectivity index (χ4n) is 2.34. The van der Waals surface area contributed by atoms with Gasteiger partial charge in [0.15, 0.2) is 5.78 Å². The first kappa shape index (κ1) is 18.7. The minimum Gasteiger partial charge on any atom is -0.411 e. The van der Waals surface area contributed by atoms with Gasteiger partial charge in [-0.1, -0.05) is 56.3 Å². The predicted octanol–water partition coefficient (Wildman–Crippen LogP) is 5.66. The molecule has 0 bridgehead atoms. The Morgan fingerprint density at radius 3 is 2.31 bits per heavy atom. The second kappa shape index (κ2) is 7.64. The number of carbonyl (C=O) groups is 1. The number of rotatable bonds is 5. The summed E-state index contributed by atoms with van der Waals surface area (Å²) in [5.41, 5.74) is 2.81. The summed E-state index contributed by atoms with van der Waals surface area (Å²) in [6, 6.07) is 14.9. The van der Waals surface area contributed by atoms with Gasteiger partial charge in [-0.2, -0.15) is 0 Å².